The van der Waals surface area contributed by atoms with Crippen LogP contribution >= 0.6 is 11.6 Å². The number of hydrogen-bond acceptors (Lipinski definition) is 3. The van der Waals surface area contributed by atoms with Gasteiger partial charge in [-0.3, -0.25) is 9.69 Å². The molecule has 1 amide bonds. The predicted octanol–water partition coefficient (Wildman–Crippen LogP) is 3.98. The van der Waals surface area contributed by atoms with Gasteiger partial charge in [-0.25, -0.2) is 0 Å². The summed E-state index contributed by atoms with van der Waals surface area (Å²) in [5, 5.41) is 3.86. The van der Waals surface area contributed by atoms with Crippen molar-refractivity contribution in [1.82, 2.24) is 10.2 Å². The smallest absolute Gasteiger partial charge is 0.224 e. The maximum absolute atomic E-state index is 12.5. The van der Waals surface area contributed by atoms with Crippen LogP contribution in [0.25, 0.3) is 0 Å². The van der Waals surface area contributed by atoms with Crippen molar-refractivity contribution in [3.05, 3.63) is 70.2 Å². The summed E-state index contributed by atoms with van der Waals surface area (Å²) in [5.41, 5.74) is 3.51. The van der Waals surface area contributed by atoms with Gasteiger partial charge < -0.3 is 10.1 Å². The largest absolute Gasteiger partial charge is 0.376 e. The molecule has 3 unspecified atom stereocenters. The zero-order chi connectivity index (χ0) is 19.5. The van der Waals surface area contributed by atoms with Crippen molar-refractivity contribution in [3.8, 4) is 0 Å². The van der Waals surface area contributed by atoms with E-state index in [1.54, 1.807) is 0 Å². The molecule has 4 rings (SSSR count). The molecule has 1 N–H and O–H groups in total. The third-order valence-corrected chi connectivity index (χ3v) is 5.97. The quantitative estimate of drug-likeness (QED) is 0.800. The van der Waals surface area contributed by atoms with Crippen molar-refractivity contribution >= 4 is 17.5 Å². The second kappa shape index (κ2) is 8.64. The Kier molecular flexibility index (Phi) is 6.00. The van der Waals surface area contributed by atoms with E-state index in [4.69, 9.17) is 16.3 Å². The fourth-order valence-electron chi connectivity index (χ4n) is 4.05. The minimum Gasteiger partial charge on any atom is -0.376 e. The summed E-state index contributed by atoms with van der Waals surface area (Å²) in [6, 6.07) is 16.3. The monoisotopic (exact) mass is 398 g/mol. The van der Waals surface area contributed by atoms with E-state index < -0.39 is 0 Å². The Morgan fingerprint density at radius 3 is 2.86 bits per heavy atom. The molecule has 0 aromatic heterocycles. The maximum Gasteiger partial charge on any atom is 0.224 e. The van der Waals surface area contributed by atoms with Gasteiger partial charge in [0, 0.05) is 37.1 Å². The first-order chi connectivity index (χ1) is 13.6. The fraction of sp³-hybridized carbons (Fsp3) is 0.435. The summed E-state index contributed by atoms with van der Waals surface area (Å²) in [6.07, 6.45) is 1.17. The summed E-state index contributed by atoms with van der Waals surface area (Å²) in [6.45, 7) is 6.34. The Morgan fingerprint density at radius 1 is 1.21 bits per heavy atom. The predicted molar refractivity (Wildman–Crippen MR) is 111 cm³/mol. The molecule has 0 radical (unpaired) electrons. The van der Waals surface area contributed by atoms with Crippen molar-refractivity contribution < 1.29 is 9.53 Å². The van der Waals surface area contributed by atoms with Gasteiger partial charge in [-0.15, -0.1) is 0 Å². The number of nitrogens with one attached hydrogen (secondary N) is 1. The molecule has 1 aliphatic carbocycles. The molecule has 2 aliphatic rings. The van der Waals surface area contributed by atoms with Gasteiger partial charge >= 0.3 is 0 Å². The van der Waals surface area contributed by atoms with Crippen LogP contribution in [0.15, 0.2) is 48.5 Å². The van der Waals surface area contributed by atoms with Crippen LogP contribution in [0.3, 0.4) is 0 Å². The minimum absolute atomic E-state index is 0.0397. The summed E-state index contributed by atoms with van der Waals surface area (Å²) in [7, 11) is 0. The van der Waals surface area contributed by atoms with Gasteiger partial charge in [0.1, 0.15) is 0 Å². The average Bonchev–Trinajstić information content (AvgIpc) is 3.47. The molecule has 1 heterocycles. The molecule has 3 atom stereocenters. The maximum atomic E-state index is 12.5. The second-order valence-corrected chi connectivity index (χ2v) is 8.33. The van der Waals surface area contributed by atoms with Crippen LogP contribution in [0.4, 0.5) is 0 Å². The molecule has 28 heavy (non-hydrogen) atoms. The van der Waals surface area contributed by atoms with Crippen LogP contribution in [0.1, 0.15) is 36.0 Å². The van der Waals surface area contributed by atoms with Gasteiger partial charge in [-0.1, -0.05) is 54.1 Å². The molecule has 0 bridgehead atoms. The standard InChI is InChI=1S/C23H27ClN2O2/c1-16-14-26(9-10-28-16)15-18-6-4-5-17(11-18)13-25-23(27)21-12-20(21)19-7-2-3-8-22(19)24/h2-8,11,16,20-21H,9-10,12-15H2,1H3,(H,25,27). The number of halogens is 1. The summed E-state index contributed by atoms with van der Waals surface area (Å²) < 4.78 is 5.61. The number of morpholine rings is 1. The fourth-order valence-corrected chi connectivity index (χ4v) is 4.33. The number of nitrogens with zero attached hydrogens (tertiary/aromatic N) is 1. The van der Waals surface area contributed by atoms with E-state index in [0.29, 0.717) is 12.6 Å². The van der Waals surface area contributed by atoms with Crippen LogP contribution in [-0.4, -0.2) is 36.6 Å². The van der Waals surface area contributed by atoms with E-state index in [-0.39, 0.29) is 17.7 Å². The highest BCUT2D eigenvalue weighted by atomic mass is 35.5. The highest BCUT2D eigenvalue weighted by Crippen LogP contribution is 2.49. The number of rotatable bonds is 6. The van der Waals surface area contributed by atoms with E-state index in [1.165, 1.54) is 5.56 Å². The summed E-state index contributed by atoms with van der Waals surface area (Å²) in [5.74, 6) is 0.415. The second-order valence-electron chi connectivity index (χ2n) is 7.92. The van der Waals surface area contributed by atoms with Crippen molar-refractivity contribution in [3.63, 3.8) is 0 Å². The van der Waals surface area contributed by atoms with Crippen molar-refractivity contribution in [2.24, 2.45) is 5.92 Å². The Labute approximate surface area is 171 Å². The molecule has 1 aliphatic heterocycles. The zero-order valence-corrected chi connectivity index (χ0v) is 17.0. The minimum atomic E-state index is 0.0397. The van der Waals surface area contributed by atoms with Crippen molar-refractivity contribution in [2.75, 3.05) is 19.7 Å². The first-order valence-electron chi connectivity index (χ1n) is 10.0. The first-order valence-corrected chi connectivity index (χ1v) is 10.4. The van der Waals surface area contributed by atoms with Crippen LogP contribution in [-0.2, 0) is 22.6 Å². The normalized spacial score (nSPS) is 24.7. The lowest BCUT2D eigenvalue weighted by Crippen LogP contribution is -2.40. The van der Waals surface area contributed by atoms with Crippen molar-refractivity contribution in [2.45, 2.75) is 38.5 Å². The number of ether oxygens (including phenoxy) is 1. The van der Waals surface area contributed by atoms with E-state index in [1.807, 2.05) is 24.3 Å². The van der Waals surface area contributed by atoms with E-state index >= 15 is 0 Å². The SMILES string of the molecule is CC1CN(Cc2cccc(CNC(=O)C3CC3c3ccccc3Cl)c2)CCO1. The summed E-state index contributed by atoms with van der Waals surface area (Å²) >= 11 is 6.27. The molecule has 1 saturated heterocycles. The van der Waals surface area contributed by atoms with Crippen LogP contribution in [0, 0.1) is 5.92 Å². The molecule has 2 fully saturated rings. The van der Waals surface area contributed by atoms with Crippen LogP contribution < -0.4 is 5.32 Å². The summed E-state index contributed by atoms with van der Waals surface area (Å²) in [4.78, 5) is 15.0. The van der Waals surface area contributed by atoms with Gasteiger partial charge in [0.05, 0.1) is 12.7 Å². The number of hydrogen-bond donors (Lipinski definition) is 1. The van der Waals surface area contributed by atoms with Gasteiger partial charge in [-0.2, -0.15) is 0 Å². The van der Waals surface area contributed by atoms with Crippen LogP contribution in [0.5, 0.6) is 0 Å². The van der Waals surface area contributed by atoms with Gasteiger partial charge in [0.15, 0.2) is 0 Å². The average molecular weight is 399 g/mol. The lowest BCUT2D eigenvalue weighted by Gasteiger charge is -2.31. The zero-order valence-electron chi connectivity index (χ0n) is 16.2. The molecular formula is C23H27ClN2O2. The van der Waals surface area contributed by atoms with Crippen molar-refractivity contribution in [1.29, 1.82) is 0 Å². The number of carbonyl (C=O) groups excluding carboxylic acids is 1. The third-order valence-electron chi connectivity index (χ3n) is 5.62. The third kappa shape index (κ3) is 4.75. The lowest BCUT2D eigenvalue weighted by atomic mass is 10.1. The van der Waals surface area contributed by atoms with E-state index in [2.05, 4.69) is 41.4 Å². The first kappa shape index (κ1) is 19.4. The molecule has 0 spiro atoms. The van der Waals surface area contributed by atoms with Crippen LogP contribution in [0.2, 0.25) is 5.02 Å². The number of amides is 1. The number of carbonyl (C=O) groups is 1. The Hall–Kier alpha value is -1.88. The highest BCUT2D eigenvalue weighted by Gasteiger charge is 2.44. The molecule has 148 valence electrons. The molecule has 4 nitrogen and oxygen atoms in total. The lowest BCUT2D eigenvalue weighted by molar-refractivity contribution is -0.122. The topological polar surface area (TPSA) is 41.6 Å². The Morgan fingerprint density at radius 2 is 2.04 bits per heavy atom. The van der Waals surface area contributed by atoms with Gasteiger partial charge in [-0.05, 0) is 42.0 Å². The Balaban J connectivity index is 1.29. The molecule has 2 aromatic rings. The highest BCUT2D eigenvalue weighted by molar-refractivity contribution is 6.31. The Bertz CT molecular complexity index is 841. The molecule has 1 saturated carbocycles. The van der Waals surface area contributed by atoms with E-state index in [9.17, 15) is 4.79 Å². The molecular weight excluding hydrogens is 372 g/mol. The number of benzene rings is 2. The van der Waals surface area contributed by atoms with Gasteiger partial charge in [0.25, 0.3) is 0 Å². The van der Waals surface area contributed by atoms with Gasteiger partial charge in [0.2, 0.25) is 5.91 Å². The molecule has 5 heteroatoms. The van der Waals surface area contributed by atoms with E-state index in [0.717, 1.165) is 48.8 Å². The molecule has 2 aromatic carbocycles.